The van der Waals surface area contributed by atoms with Crippen molar-refractivity contribution < 1.29 is 24.5 Å². The summed E-state index contributed by atoms with van der Waals surface area (Å²) in [5.41, 5.74) is 2.86. The van der Waals surface area contributed by atoms with Gasteiger partial charge in [-0.1, -0.05) is 96.5 Å². The first kappa shape index (κ1) is 34.5. The van der Waals surface area contributed by atoms with E-state index in [0.717, 1.165) is 29.6 Å². The molecule has 1 amide bonds. The molecule has 9 atom stereocenters. The number of amides is 1. The lowest BCUT2D eigenvalue weighted by molar-refractivity contribution is -0.157. The van der Waals surface area contributed by atoms with E-state index >= 15 is 0 Å². The Labute approximate surface area is 248 Å². The van der Waals surface area contributed by atoms with E-state index in [1.165, 1.54) is 0 Å². The first-order valence-corrected chi connectivity index (χ1v) is 15.2. The fourth-order valence-corrected chi connectivity index (χ4v) is 5.81. The van der Waals surface area contributed by atoms with Gasteiger partial charge in [0.15, 0.2) is 0 Å². The highest BCUT2D eigenvalue weighted by Gasteiger charge is 2.32. The molecule has 1 heterocycles. The molecule has 0 aromatic heterocycles. The van der Waals surface area contributed by atoms with E-state index in [9.17, 15) is 19.8 Å². The van der Waals surface area contributed by atoms with E-state index < -0.39 is 30.3 Å². The maximum Gasteiger partial charge on any atom is 0.329 e. The zero-order valence-corrected chi connectivity index (χ0v) is 26.6. The highest BCUT2D eigenvalue weighted by molar-refractivity contribution is 5.95. The zero-order valence-electron chi connectivity index (χ0n) is 26.6. The summed E-state index contributed by atoms with van der Waals surface area (Å²) >= 11 is 0. The van der Waals surface area contributed by atoms with Gasteiger partial charge in [-0.05, 0) is 55.7 Å². The van der Waals surface area contributed by atoms with E-state index in [1.54, 1.807) is 13.0 Å². The molecule has 6 nitrogen and oxygen atoms in total. The smallest absolute Gasteiger partial charge is 0.329 e. The van der Waals surface area contributed by atoms with Gasteiger partial charge in [0, 0.05) is 29.7 Å². The molecule has 3 N–H and O–H groups in total. The number of nitrogens with one attached hydrogen (secondary N) is 1. The molecule has 0 radical (unpaired) electrons. The van der Waals surface area contributed by atoms with E-state index in [-0.39, 0.29) is 29.6 Å². The van der Waals surface area contributed by atoms with Crippen LogP contribution in [-0.4, -0.2) is 46.4 Å². The Morgan fingerprint density at radius 3 is 1.95 bits per heavy atom. The number of benzene rings is 1. The molecule has 1 aromatic carbocycles. The highest BCUT2D eigenvalue weighted by Crippen LogP contribution is 2.29. The maximum absolute atomic E-state index is 13.8. The SMILES string of the molecule is CCC(C)CC(C)C1OC(=O)C(Cc2ccccc2)NC(=O)C(C)=CC(C)C(O)C(C)=CC(C)C(O)C(C)=CC1C. The molecule has 1 aromatic rings. The molecule has 1 aliphatic rings. The maximum atomic E-state index is 13.8. The van der Waals surface area contributed by atoms with Crippen LogP contribution in [0, 0.1) is 29.6 Å². The molecular formula is C35H53NO5. The lowest BCUT2D eigenvalue weighted by Crippen LogP contribution is -2.46. The van der Waals surface area contributed by atoms with Crippen molar-refractivity contribution in [1.29, 1.82) is 0 Å². The number of rotatable bonds is 6. The van der Waals surface area contributed by atoms with Crippen LogP contribution in [0.2, 0.25) is 0 Å². The number of hydrogen-bond donors (Lipinski definition) is 3. The molecule has 0 aliphatic carbocycles. The third-order valence-electron chi connectivity index (χ3n) is 8.53. The molecule has 0 bridgehead atoms. The summed E-state index contributed by atoms with van der Waals surface area (Å²) in [6.07, 6.45) is 5.84. The predicted molar refractivity (Wildman–Crippen MR) is 166 cm³/mol. The van der Waals surface area contributed by atoms with Crippen molar-refractivity contribution in [2.24, 2.45) is 29.6 Å². The monoisotopic (exact) mass is 567 g/mol. The minimum Gasteiger partial charge on any atom is -0.460 e. The van der Waals surface area contributed by atoms with Crippen LogP contribution >= 0.6 is 0 Å². The van der Waals surface area contributed by atoms with Gasteiger partial charge in [0.25, 0.3) is 0 Å². The number of cyclic esters (lactones) is 1. The number of esters is 1. The van der Waals surface area contributed by atoms with Crippen LogP contribution in [0.5, 0.6) is 0 Å². The third-order valence-corrected chi connectivity index (χ3v) is 8.53. The minimum absolute atomic E-state index is 0.0671. The second-order valence-electron chi connectivity index (χ2n) is 12.5. The van der Waals surface area contributed by atoms with Crippen molar-refractivity contribution in [1.82, 2.24) is 5.32 Å². The summed E-state index contributed by atoms with van der Waals surface area (Å²) in [6, 6.07) is 8.70. The molecule has 0 saturated heterocycles. The van der Waals surface area contributed by atoms with Crippen LogP contribution < -0.4 is 5.32 Å². The Morgan fingerprint density at radius 1 is 0.854 bits per heavy atom. The van der Waals surface area contributed by atoms with Gasteiger partial charge >= 0.3 is 5.97 Å². The van der Waals surface area contributed by atoms with Gasteiger partial charge in [0.05, 0.1) is 12.2 Å². The van der Waals surface area contributed by atoms with Crippen LogP contribution in [0.15, 0.2) is 65.3 Å². The van der Waals surface area contributed by atoms with Gasteiger partial charge in [0.1, 0.15) is 12.1 Å². The van der Waals surface area contributed by atoms with Crippen LogP contribution in [0.4, 0.5) is 0 Å². The van der Waals surface area contributed by atoms with Crippen molar-refractivity contribution in [3.8, 4) is 0 Å². The second kappa shape index (κ2) is 16.1. The predicted octanol–water partition coefficient (Wildman–Crippen LogP) is 6.18. The number of carbonyl (C=O) groups is 2. The molecule has 6 heteroatoms. The molecular weight excluding hydrogens is 514 g/mol. The summed E-state index contributed by atoms with van der Waals surface area (Å²) in [4.78, 5) is 27.1. The highest BCUT2D eigenvalue weighted by atomic mass is 16.5. The van der Waals surface area contributed by atoms with Crippen LogP contribution in [0.3, 0.4) is 0 Å². The largest absolute Gasteiger partial charge is 0.460 e. The Morgan fingerprint density at radius 2 is 1.39 bits per heavy atom. The van der Waals surface area contributed by atoms with Crippen LogP contribution in [-0.2, 0) is 20.7 Å². The average Bonchev–Trinajstić information content (AvgIpc) is 2.93. The molecule has 0 fully saturated rings. The summed E-state index contributed by atoms with van der Waals surface area (Å²) in [5.74, 6) is -1.07. The Kier molecular flexibility index (Phi) is 13.5. The number of aliphatic hydroxyl groups is 2. The molecule has 9 unspecified atom stereocenters. The number of carbonyl (C=O) groups excluding carboxylic acids is 2. The van der Waals surface area contributed by atoms with E-state index in [2.05, 4.69) is 26.1 Å². The van der Waals surface area contributed by atoms with Crippen molar-refractivity contribution in [2.75, 3.05) is 0 Å². The normalized spacial score (nSPS) is 30.6. The van der Waals surface area contributed by atoms with Gasteiger partial charge in [-0.3, -0.25) is 4.79 Å². The summed E-state index contributed by atoms with van der Waals surface area (Å²) in [5, 5.41) is 25.1. The number of ether oxygens (including phenoxy) is 1. The lowest BCUT2D eigenvalue weighted by atomic mass is 9.84. The zero-order chi connectivity index (χ0) is 30.9. The fraction of sp³-hybridized carbons (Fsp3) is 0.600. The number of aliphatic hydroxyl groups excluding tert-OH is 2. The van der Waals surface area contributed by atoms with Gasteiger partial charge in [-0.2, -0.15) is 0 Å². The number of hydrogen-bond acceptors (Lipinski definition) is 5. The van der Waals surface area contributed by atoms with Gasteiger partial charge in [0.2, 0.25) is 5.91 Å². The van der Waals surface area contributed by atoms with Crippen molar-refractivity contribution >= 4 is 11.9 Å². The Hall–Kier alpha value is -2.70. The minimum atomic E-state index is -0.882. The fourth-order valence-electron chi connectivity index (χ4n) is 5.81. The lowest BCUT2D eigenvalue weighted by Gasteiger charge is -2.32. The second-order valence-corrected chi connectivity index (χ2v) is 12.5. The first-order chi connectivity index (χ1) is 19.2. The molecule has 0 saturated carbocycles. The molecule has 41 heavy (non-hydrogen) atoms. The summed E-state index contributed by atoms with van der Waals surface area (Å²) in [7, 11) is 0. The molecule has 228 valence electrons. The van der Waals surface area contributed by atoms with Gasteiger partial charge < -0.3 is 20.3 Å². The molecule has 1 aliphatic heterocycles. The van der Waals surface area contributed by atoms with Crippen LogP contribution in [0.1, 0.15) is 80.7 Å². The van der Waals surface area contributed by atoms with Crippen LogP contribution in [0.25, 0.3) is 0 Å². The quantitative estimate of drug-likeness (QED) is 0.282. The van der Waals surface area contributed by atoms with Gasteiger partial charge in [-0.25, -0.2) is 4.79 Å². The van der Waals surface area contributed by atoms with Crippen molar-refractivity contribution in [3.05, 3.63) is 70.8 Å². The van der Waals surface area contributed by atoms with Crippen molar-refractivity contribution in [2.45, 2.75) is 106 Å². The Bertz CT molecular complexity index is 1090. The first-order valence-electron chi connectivity index (χ1n) is 15.2. The van der Waals surface area contributed by atoms with E-state index in [0.29, 0.717) is 17.9 Å². The van der Waals surface area contributed by atoms with E-state index in [4.69, 9.17) is 4.74 Å². The molecule has 2 rings (SSSR count). The Balaban J connectivity index is 2.59. The standard InChI is InChI=1S/C35H53NO5/c1-10-21(2)16-26(7)33-27(8)18-24(5)31(37)22(3)17-23(4)32(38)25(6)19-28(9)34(39)36-30(35(40)41-33)20-29-14-12-11-13-15-29/h11-15,17-19,21-22,25-27,30-33,37-38H,10,16,20H2,1-9H3,(H,36,39). The van der Waals surface area contributed by atoms with E-state index in [1.807, 2.05) is 77.1 Å². The molecule has 0 spiro atoms. The summed E-state index contributed by atoms with van der Waals surface area (Å²) in [6.45, 7) is 17.7. The van der Waals surface area contributed by atoms with Gasteiger partial charge in [-0.15, -0.1) is 0 Å². The van der Waals surface area contributed by atoms with Crippen molar-refractivity contribution in [3.63, 3.8) is 0 Å². The topological polar surface area (TPSA) is 95.9 Å². The third kappa shape index (κ3) is 10.3. The average molecular weight is 568 g/mol. The summed E-state index contributed by atoms with van der Waals surface area (Å²) < 4.78 is 6.28.